The fourth-order valence-electron chi connectivity index (χ4n) is 1.61. The van der Waals surface area contributed by atoms with Gasteiger partial charge in [0, 0.05) is 17.4 Å². The summed E-state index contributed by atoms with van der Waals surface area (Å²) >= 11 is 2.95. The number of benzene rings is 2. The number of nitrogens with one attached hydrogen (secondary N) is 1. The lowest BCUT2D eigenvalue weighted by atomic mass is 10.1. The van der Waals surface area contributed by atoms with Gasteiger partial charge in [-0.25, -0.2) is 13.6 Å². The molecule has 0 aliphatic rings. The van der Waals surface area contributed by atoms with Gasteiger partial charge >= 0.3 is 5.97 Å². The van der Waals surface area contributed by atoms with Gasteiger partial charge in [0.25, 0.3) is 0 Å². The maximum absolute atomic E-state index is 13.6. The van der Waals surface area contributed by atoms with E-state index in [2.05, 4.69) is 21.2 Å². The summed E-state index contributed by atoms with van der Waals surface area (Å²) in [6, 6.07) is 6.08. The molecule has 2 aromatic rings. The summed E-state index contributed by atoms with van der Waals surface area (Å²) in [6.07, 6.45) is 0. The number of aromatic carboxylic acids is 1. The topological polar surface area (TPSA) is 75.3 Å². The van der Waals surface area contributed by atoms with Crippen LogP contribution in [-0.2, 0) is 0 Å². The number of carbonyl (C=O) groups is 1. The first-order valence-electron chi connectivity index (χ1n) is 5.43. The third-order valence-corrected chi connectivity index (χ3v) is 3.18. The van der Waals surface area contributed by atoms with Crippen LogP contribution in [0.3, 0.4) is 0 Å². The van der Waals surface area contributed by atoms with E-state index in [1.54, 1.807) is 0 Å². The predicted octanol–water partition coefficient (Wildman–Crippen LogP) is 3.75. The normalized spacial score (nSPS) is 10.3. The molecule has 4 nitrogen and oxygen atoms in total. The highest BCUT2D eigenvalue weighted by molar-refractivity contribution is 9.10. The molecule has 0 unspecified atom stereocenters. The van der Waals surface area contributed by atoms with Gasteiger partial charge in [0.2, 0.25) is 0 Å². The molecular formula is C13H9BrF2N2O2. The Balaban J connectivity index is 2.33. The number of hydrogen-bond donors (Lipinski definition) is 3. The van der Waals surface area contributed by atoms with Crippen LogP contribution in [-0.4, -0.2) is 11.1 Å². The van der Waals surface area contributed by atoms with Crippen LogP contribution >= 0.6 is 15.9 Å². The van der Waals surface area contributed by atoms with Gasteiger partial charge in [-0.2, -0.15) is 0 Å². The Kier molecular flexibility index (Phi) is 3.89. The van der Waals surface area contributed by atoms with Crippen LogP contribution in [0.5, 0.6) is 0 Å². The van der Waals surface area contributed by atoms with Crippen LogP contribution < -0.4 is 11.1 Å². The summed E-state index contributed by atoms with van der Waals surface area (Å²) in [7, 11) is 0. The van der Waals surface area contributed by atoms with Gasteiger partial charge in [-0.1, -0.05) is 0 Å². The molecule has 4 N–H and O–H groups in total. The minimum absolute atomic E-state index is 0.0424. The van der Waals surface area contributed by atoms with Crippen LogP contribution in [0.15, 0.2) is 34.8 Å². The van der Waals surface area contributed by atoms with Gasteiger partial charge in [-0.15, -0.1) is 0 Å². The summed E-state index contributed by atoms with van der Waals surface area (Å²) < 4.78 is 26.8. The van der Waals surface area contributed by atoms with Gasteiger partial charge in [-0.05, 0) is 40.2 Å². The summed E-state index contributed by atoms with van der Waals surface area (Å²) in [5.41, 5.74) is 6.02. The number of nitrogen functional groups attached to an aromatic ring is 1. The van der Waals surface area contributed by atoms with Crippen molar-refractivity contribution in [1.29, 1.82) is 0 Å². The number of carboxylic acids is 1. The van der Waals surface area contributed by atoms with E-state index in [1.807, 2.05) is 0 Å². The van der Waals surface area contributed by atoms with Crippen molar-refractivity contribution >= 4 is 39.0 Å². The Hall–Kier alpha value is -2.15. The smallest absolute Gasteiger partial charge is 0.337 e. The van der Waals surface area contributed by atoms with E-state index in [9.17, 15) is 13.6 Å². The zero-order valence-corrected chi connectivity index (χ0v) is 11.5. The Morgan fingerprint density at radius 2 is 1.90 bits per heavy atom. The highest BCUT2D eigenvalue weighted by Gasteiger charge is 2.11. The molecule has 0 heterocycles. The van der Waals surface area contributed by atoms with Gasteiger partial charge in [0.1, 0.15) is 11.6 Å². The molecule has 2 aromatic carbocycles. The Morgan fingerprint density at radius 3 is 2.50 bits per heavy atom. The van der Waals surface area contributed by atoms with Crippen molar-refractivity contribution in [3.8, 4) is 0 Å². The first kappa shape index (κ1) is 14.3. The first-order chi connectivity index (χ1) is 9.38. The third-order valence-electron chi connectivity index (χ3n) is 2.57. The molecule has 0 amide bonds. The number of halogens is 3. The molecule has 2 rings (SSSR count). The van der Waals surface area contributed by atoms with Gasteiger partial charge in [0.05, 0.1) is 15.7 Å². The monoisotopic (exact) mass is 342 g/mol. The molecule has 0 fully saturated rings. The second-order valence-electron chi connectivity index (χ2n) is 3.98. The average molecular weight is 343 g/mol. The largest absolute Gasteiger partial charge is 0.478 e. The van der Waals surface area contributed by atoms with Crippen LogP contribution in [0, 0.1) is 11.6 Å². The molecule has 0 spiro atoms. The Bertz CT molecular complexity index is 692. The number of rotatable bonds is 3. The second kappa shape index (κ2) is 5.46. The van der Waals surface area contributed by atoms with E-state index in [0.29, 0.717) is 5.69 Å². The molecular weight excluding hydrogens is 334 g/mol. The highest BCUT2D eigenvalue weighted by atomic mass is 79.9. The van der Waals surface area contributed by atoms with Crippen molar-refractivity contribution in [2.45, 2.75) is 0 Å². The Labute approximate surface area is 121 Å². The first-order valence-corrected chi connectivity index (χ1v) is 6.22. The van der Waals surface area contributed by atoms with Crippen molar-refractivity contribution in [2.24, 2.45) is 0 Å². The number of hydrogen-bond acceptors (Lipinski definition) is 3. The molecule has 0 aliphatic heterocycles. The van der Waals surface area contributed by atoms with E-state index in [4.69, 9.17) is 10.8 Å². The summed E-state index contributed by atoms with van der Waals surface area (Å²) in [4.78, 5) is 10.8. The average Bonchev–Trinajstić information content (AvgIpc) is 2.35. The van der Waals surface area contributed by atoms with Gasteiger partial charge in [0.15, 0.2) is 0 Å². The van der Waals surface area contributed by atoms with Gasteiger partial charge < -0.3 is 16.2 Å². The van der Waals surface area contributed by atoms with E-state index < -0.39 is 17.6 Å². The van der Waals surface area contributed by atoms with Crippen LogP contribution in [0.25, 0.3) is 0 Å². The van der Waals surface area contributed by atoms with E-state index in [1.165, 1.54) is 24.3 Å². The highest BCUT2D eigenvalue weighted by Crippen LogP contribution is 2.27. The summed E-state index contributed by atoms with van der Waals surface area (Å²) in [5, 5.41) is 11.6. The number of nitrogens with two attached hydrogens (primary N) is 1. The fraction of sp³-hybridized carbons (Fsp3) is 0. The van der Waals surface area contributed by atoms with Crippen molar-refractivity contribution in [1.82, 2.24) is 0 Å². The SMILES string of the molecule is Nc1cc(Nc2cc(Br)c(F)cc2F)ccc1C(=O)O. The molecule has 0 aromatic heterocycles. The van der Waals surface area contributed by atoms with Crippen molar-refractivity contribution in [2.75, 3.05) is 11.1 Å². The number of anilines is 3. The fourth-order valence-corrected chi connectivity index (χ4v) is 1.95. The van der Waals surface area contributed by atoms with Crippen molar-refractivity contribution < 1.29 is 18.7 Å². The second-order valence-corrected chi connectivity index (χ2v) is 4.83. The minimum atomic E-state index is -1.15. The van der Waals surface area contributed by atoms with E-state index in [0.717, 1.165) is 6.07 Å². The summed E-state index contributed by atoms with van der Waals surface area (Å²) in [5.74, 6) is -2.63. The molecule has 104 valence electrons. The summed E-state index contributed by atoms with van der Waals surface area (Å²) in [6.45, 7) is 0. The van der Waals surface area contributed by atoms with Crippen molar-refractivity contribution in [3.05, 3.63) is 52.0 Å². The van der Waals surface area contributed by atoms with Crippen LogP contribution in [0.2, 0.25) is 0 Å². The molecule has 0 saturated carbocycles. The zero-order valence-electron chi connectivity index (χ0n) is 9.95. The maximum Gasteiger partial charge on any atom is 0.337 e. The van der Waals surface area contributed by atoms with Gasteiger partial charge in [-0.3, -0.25) is 0 Å². The standard InChI is InChI=1S/C13H9BrF2N2O2/c14-8-4-12(10(16)5-9(8)15)18-6-1-2-7(13(19)20)11(17)3-6/h1-5,18H,17H2,(H,19,20). The van der Waals surface area contributed by atoms with E-state index in [-0.39, 0.29) is 21.4 Å². The third kappa shape index (κ3) is 2.88. The predicted molar refractivity (Wildman–Crippen MR) is 75.2 cm³/mol. The number of carboxylic acid groups (broad SMARTS) is 1. The lowest BCUT2D eigenvalue weighted by Gasteiger charge is -2.10. The van der Waals surface area contributed by atoms with Crippen LogP contribution in [0.4, 0.5) is 25.8 Å². The quantitative estimate of drug-likeness (QED) is 0.586. The molecule has 0 bridgehead atoms. The minimum Gasteiger partial charge on any atom is -0.478 e. The van der Waals surface area contributed by atoms with E-state index >= 15 is 0 Å². The van der Waals surface area contributed by atoms with Crippen molar-refractivity contribution in [3.63, 3.8) is 0 Å². The maximum atomic E-state index is 13.6. The molecule has 20 heavy (non-hydrogen) atoms. The molecule has 0 aliphatic carbocycles. The zero-order chi connectivity index (χ0) is 14.9. The lowest BCUT2D eigenvalue weighted by Crippen LogP contribution is -2.03. The molecule has 0 atom stereocenters. The lowest BCUT2D eigenvalue weighted by molar-refractivity contribution is 0.0698. The molecule has 0 radical (unpaired) electrons. The van der Waals surface area contributed by atoms with Crippen LogP contribution in [0.1, 0.15) is 10.4 Å². The molecule has 7 heteroatoms. The Morgan fingerprint density at radius 1 is 1.20 bits per heavy atom. The molecule has 0 saturated heterocycles.